The van der Waals surface area contributed by atoms with Crippen LogP contribution >= 0.6 is 0 Å². The van der Waals surface area contributed by atoms with Gasteiger partial charge in [0.2, 0.25) is 0 Å². The number of aliphatic hydroxyl groups is 1. The summed E-state index contributed by atoms with van der Waals surface area (Å²) >= 11 is 0. The van der Waals surface area contributed by atoms with Crippen LogP contribution < -0.4 is 5.32 Å². The number of ether oxygens (including phenoxy) is 1. The van der Waals surface area contributed by atoms with Gasteiger partial charge in [0, 0.05) is 12.1 Å². The number of carbonyl (C=O) groups excluding carboxylic acids is 1. The lowest BCUT2D eigenvalue weighted by atomic mass is 10.1. The van der Waals surface area contributed by atoms with Gasteiger partial charge in [0.25, 0.3) is 5.91 Å². The van der Waals surface area contributed by atoms with Crippen LogP contribution in [0.4, 0.5) is 0 Å². The minimum Gasteiger partial charge on any atom is -0.392 e. The highest BCUT2D eigenvalue weighted by Gasteiger charge is 2.14. The van der Waals surface area contributed by atoms with E-state index in [-0.39, 0.29) is 12.5 Å². The van der Waals surface area contributed by atoms with Gasteiger partial charge in [-0.1, -0.05) is 30.3 Å². The maximum absolute atomic E-state index is 12.2. The van der Waals surface area contributed by atoms with E-state index in [1.807, 2.05) is 42.5 Å². The van der Waals surface area contributed by atoms with Gasteiger partial charge in [-0.2, -0.15) is 0 Å². The van der Waals surface area contributed by atoms with Crippen molar-refractivity contribution in [2.45, 2.75) is 26.4 Å². The van der Waals surface area contributed by atoms with Crippen molar-refractivity contribution < 1.29 is 14.6 Å². The first-order chi connectivity index (χ1) is 10.3. The number of hydrogen-bond donors (Lipinski definition) is 2. The molecular formula is C17H17NO3. The van der Waals surface area contributed by atoms with E-state index >= 15 is 0 Å². The summed E-state index contributed by atoms with van der Waals surface area (Å²) < 4.78 is 5.35. The summed E-state index contributed by atoms with van der Waals surface area (Å²) in [4.78, 5) is 12.2. The Morgan fingerprint density at radius 1 is 1.10 bits per heavy atom. The average molecular weight is 283 g/mol. The smallest absolute Gasteiger partial charge is 0.251 e. The number of hydrogen-bond acceptors (Lipinski definition) is 3. The summed E-state index contributed by atoms with van der Waals surface area (Å²) in [6.45, 7) is 1.66. The fraction of sp³-hybridized carbons (Fsp3) is 0.235. The van der Waals surface area contributed by atoms with E-state index in [4.69, 9.17) is 9.84 Å². The Morgan fingerprint density at radius 2 is 1.90 bits per heavy atom. The third kappa shape index (κ3) is 3.12. The molecular weight excluding hydrogens is 266 g/mol. The Kier molecular flexibility index (Phi) is 3.99. The Morgan fingerprint density at radius 3 is 2.76 bits per heavy atom. The zero-order valence-corrected chi connectivity index (χ0v) is 11.6. The molecule has 0 aromatic heterocycles. The fourth-order valence-electron chi connectivity index (χ4n) is 2.44. The monoisotopic (exact) mass is 283 g/mol. The summed E-state index contributed by atoms with van der Waals surface area (Å²) in [7, 11) is 0. The molecule has 0 saturated heterocycles. The molecule has 0 fully saturated rings. The van der Waals surface area contributed by atoms with Gasteiger partial charge in [0.15, 0.2) is 0 Å². The number of benzene rings is 2. The molecule has 0 atom stereocenters. The van der Waals surface area contributed by atoms with Crippen LogP contribution in [0, 0.1) is 0 Å². The molecule has 4 nitrogen and oxygen atoms in total. The average Bonchev–Trinajstić information content (AvgIpc) is 3.00. The van der Waals surface area contributed by atoms with E-state index in [1.165, 1.54) is 0 Å². The minimum absolute atomic E-state index is 0.00656. The molecule has 0 spiro atoms. The van der Waals surface area contributed by atoms with E-state index in [0.717, 1.165) is 22.3 Å². The first kappa shape index (κ1) is 13.8. The van der Waals surface area contributed by atoms with E-state index in [9.17, 15) is 4.79 Å². The lowest BCUT2D eigenvalue weighted by Gasteiger charge is -2.07. The van der Waals surface area contributed by atoms with Crippen LogP contribution in [-0.4, -0.2) is 11.0 Å². The number of fused-ring (bicyclic) bond motifs is 1. The summed E-state index contributed by atoms with van der Waals surface area (Å²) in [5.74, 6) is -0.0981. The third-order valence-electron chi connectivity index (χ3n) is 3.61. The molecule has 108 valence electrons. The van der Waals surface area contributed by atoms with Crippen LogP contribution in [0.15, 0.2) is 42.5 Å². The van der Waals surface area contributed by atoms with Crippen LogP contribution in [0.1, 0.15) is 32.6 Å². The topological polar surface area (TPSA) is 58.6 Å². The van der Waals surface area contributed by atoms with Crippen molar-refractivity contribution in [3.8, 4) is 0 Å². The van der Waals surface area contributed by atoms with Gasteiger partial charge in [-0.15, -0.1) is 0 Å². The van der Waals surface area contributed by atoms with Gasteiger partial charge in [0.05, 0.1) is 19.8 Å². The van der Waals surface area contributed by atoms with Crippen molar-refractivity contribution in [3.63, 3.8) is 0 Å². The second kappa shape index (κ2) is 6.08. The minimum atomic E-state index is -0.0981. The van der Waals surface area contributed by atoms with Crippen molar-refractivity contribution in [2.24, 2.45) is 0 Å². The first-order valence-corrected chi connectivity index (χ1v) is 6.92. The summed E-state index contributed by atoms with van der Waals surface area (Å²) in [5, 5.41) is 12.0. The van der Waals surface area contributed by atoms with Gasteiger partial charge in [0.1, 0.15) is 0 Å². The molecule has 2 N–H and O–H groups in total. The molecule has 0 bridgehead atoms. The predicted octanol–water partition coefficient (Wildman–Crippen LogP) is 2.14. The van der Waals surface area contributed by atoms with E-state index < -0.39 is 0 Å². The molecule has 0 radical (unpaired) electrons. The second-order valence-corrected chi connectivity index (χ2v) is 5.14. The van der Waals surface area contributed by atoms with Crippen molar-refractivity contribution in [1.29, 1.82) is 0 Å². The largest absolute Gasteiger partial charge is 0.392 e. The van der Waals surface area contributed by atoms with E-state index in [1.54, 1.807) is 0 Å². The van der Waals surface area contributed by atoms with Crippen LogP contribution in [0.25, 0.3) is 0 Å². The lowest BCUT2D eigenvalue weighted by molar-refractivity contribution is 0.0950. The number of amides is 1. The van der Waals surface area contributed by atoms with Gasteiger partial charge < -0.3 is 15.2 Å². The molecule has 1 aliphatic heterocycles. The predicted molar refractivity (Wildman–Crippen MR) is 78.5 cm³/mol. The van der Waals surface area contributed by atoms with Gasteiger partial charge >= 0.3 is 0 Å². The zero-order chi connectivity index (χ0) is 14.7. The normalized spacial score (nSPS) is 13.0. The first-order valence-electron chi connectivity index (χ1n) is 6.92. The second-order valence-electron chi connectivity index (χ2n) is 5.14. The van der Waals surface area contributed by atoms with Gasteiger partial charge in [-0.05, 0) is 34.4 Å². The maximum Gasteiger partial charge on any atom is 0.251 e. The standard InChI is InChI=1S/C17H17NO3/c19-9-13-3-1-2-12(6-13)8-18-17(20)14-4-5-15-10-21-11-16(15)7-14/h1-7,19H,8-11H2,(H,18,20). The zero-order valence-electron chi connectivity index (χ0n) is 11.6. The fourth-order valence-corrected chi connectivity index (χ4v) is 2.44. The van der Waals surface area contributed by atoms with Crippen molar-refractivity contribution >= 4 is 5.91 Å². The summed E-state index contributed by atoms with van der Waals surface area (Å²) in [5.41, 5.74) is 4.71. The Balaban J connectivity index is 1.66. The molecule has 4 heteroatoms. The molecule has 1 amide bonds. The Bertz CT molecular complexity index is 667. The SMILES string of the molecule is O=C(NCc1cccc(CO)c1)c1ccc2c(c1)COC2. The molecule has 3 rings (SSSR count). The summed E-state index contributed by atoms with van der Waals surface area (Å²) in [6, 6.07) is 13.2. The highest BCUT2D eigenvalue weighted by atomic mass is 16.5. The molecule has 0 aliphatic carbocycles. The quantitative estimate of drug-likeness (QED) is 0.904. The highest BCUT2D eigenvalue weighted by molar-refractivity contribution is 5.94. The molecule has 2 aromatic carbocycles. The number of rotatable bonds is 4. The third-order valence-corrected chi connectivity index (χ3v) is 3.61. The van der Waals surface area contributed by atoms with Crippen LogP contribution in [-0.2, 0) is 31.1 Å². The van der Waals surface area contributed by atoms with E-state index in [2.05, 4.69) is 5.32 Å². The van der Waals surface area contributed by atoms with Crippen molar-refractivity contribution in [3.05, 3.63) is 70.3 Å². The molecule has 0 saturated carbocycles. The summed E-state index contributed by atoms with van der Waals surface area (Å²) in [6.07, 6.45) is 0. The molecule has 2 aromatic rings. The number of carbonyl (C=O) groups is 1. The van der Waals surface area contributed by atoms with Crippen LogP contribution in [0.3, 0.4) is 0 Å². The van der Waals surface area contributed by atoms with Crippen molar-refractivity contribution in [1.82, 2.24) is 5.32 Å². The maximum atomic E-state index is 12.2. The van der Waals surface area contributed by atoms with Gasteiger partial charge in [-0.25, -0.2) is 0 Å². The molecule has 0 unspecified atom stereocenters. The highest BCUT2D eigenvalue weighted by Crippen LogP contribution is 2.20. The Hall–Kier alpha value is -2.17. The molecule has 1 heterocycles. The molecule has 1 aliphatic rings. The van der Waals surface area contributed by atoms with E-state index in [0.29, 0.717) is 25.3 Å². The van der Waals surface area contributed by atoms with Crippen molar-refractivity contribution in [2.75, 3.05) is 0 Å². The van der Waals surface area contributed by atoms with Crippen LogP contribution in [0.5, 0.6) is 0 Å². The Labute approximate surface area is 123 Å². The number of aliphatic hydroxyl groups excluding tert-OH is 1. The number of nitrogens with one attached hydrogen (secondary N) is 1. The lowest BCUT2D eigenvalue weighted by Crippen LogP contribution is -2.23. The molecule has 21 heavy (non-hydrogen) atoms. The van der Waals surface area contributed by atoms with Crippen LogP contribution in [0.2, 0.25) is 0 Å². The van der Waals surface area contributed by atoms with Gasteiger partial charge in [-0.3, -0.25) is 4.79 Å².